The predicted molar refractivity (Wildman–Crippen MR) is 77.3 cm³/mol. The summed E-state index contributed by atoms with van der Waals surface area (Å²) >= 11 is 0. The molecule has 0 bridgehead atoms. The lowest BCUT2D eigenvalue weighted by atomic mass is 10.1. The van der Waals surface area contributed by atoms with E-state index in [1.165, 1.54) is 11.1 Å². The summed E-state index contributed by atoms with van der Waals surface area (Å²) in [5, 5.41) is 13.0. The van der Waals surface area contributed by atoms with Crippen LogP contribution in [0.3, 0.4) is 0 Å². The quantitative estimate of drug-likeness (QED) is 0.862. The highest BCUT2D eigenvalue weighted by atomic mass is 16.5. The Bertz CT molecular complexity index is 552. The zero-order chi connectivity index (χ0) is 13.7. The number of rotatable bonds is 5. The first kappa shape index (κ1) is 13.4. The SMILES string of the molecule is COCc1ccccc1CNc1ccc(C)c(O)c1. The Morgan fingerprint density at radius 1 is 1.11 bits per heavy atom. The number of phenolic OH excluding ortho intramolecular Hbond substituents is 1. The molecule has 0 unspecified atom stereocenters. The number of benzene rings is 2. The van der Waals surface area contributed by atoms with Gasteiger partial charge in [-0.05, 0) is 29.7 Å². The lowest BCUT2D eigenvalue weighted by molar-refractivity contribution is 0.184. The van der Waals surface area contributed by atoms with Crippen LogP contribution < -0.4 is 5.32 Å². The molecule has 0 saturated heterocycles. The minimum Gasteiger partial charge on any atom is -0.508 e. The number of aromatic hydroxyl groups is 1. The van der Waals surface area contributed by atoms with E-state index in [1.807, 2.05) is 31.2 Å². The largest absolute Gasteiger partial charge is 0.508 e. The van der Waals surface area contributed by atoms with Gasteiger partial charge in [0.05, 0.1) is 6.61 Å². The normalized spacial score (nSPS) is 10.4. The van der Waals surface area contributed by atoms with E-state index in [9.17, 15) is 5.11 Å². The van der Waals surface area contributed by atoms with Gasteiger partial charge in [-0.25, -0.2) is 0 Å². The summed E-state index contributed by atoms with van der Waals surface area (Å²) in [7, 11) is 1.70. The Morgan fingerprint density at radius 3 is 2.53 bits per heavy atom. The van der Waals surface area contributed by atoms with Crippen molar-refractivity contribution in [1.29, 1.82) is 0 Å². The summed E-state index contributed by atoms with van der Waals surface area (Å²) in [5.74, 6) is 0.315. The number of hydrogen-bond acceptors (Lipinski definition) is 3. The second-order valence-corrected chi connectivity index (χ2v) is 4.56. The predicted octanol–water partition coefficient (Wildman–Crippen LogP) is 3.46. The average Bonchev–Trinajstić information content (AvgIpc) is 2.42. The highest BCUT2D eigenvalue weighted by Gasteiger charge is 2.02. The third-order valence-corrected chi connectivity index (χ3v) is 3.11. The van der Waals surface area contributed by atoms with Crippen LogP contribution in [0.5, 0.6) is 5.75 Å². The highest BCUT2D eigenvalue weighted by molar-refractivity contribution is 5.51. The van der Waals surface area contributed by atoms with Gasteiger partial charge in [0.1, 0.15) is 5.75 Å². The Kier molecular flexibility index (Phi) is 4.42. The van der Waals surface area contributed by atoms with E-state index >= 15 is 0 Å². The maximum atomic E-state index is 9.68. The number of phenols is 1. The number of aryl methyl sites for hydroxylation is 1. The molecule has 0 aliphatic heterocycles. The summed E-state index contributed by atoms with van der Waals surface area (Å²) in [6, 6.07) is 13.8. The van der Waals surface area contributed by atoms with Crippen molar-refractivity contribution in [3.8, 4) is 5.75 Å². The molecule has 0 aromatic heterocycles. The average molecular weight is 257 g/mol. The third-order valence-electron chi connectivity index (χ3n) is 3.11. The van der Waals surface area contributed by atoms with Gasteiger partial charge >= 0.3 is 0 Å². The van der Waals surface area contributed by atoms with Crippen LogP contribution in [-0.2, 0) is 17.9 Å². The molecule has 0 fully saturated rings. The van der Waals surface area contributed by atoms with Crippen LogP contribution in [0.2, 0.25) is 0 Å². The van der Waals surface area contributed by atoms with E-state index in [2.05, 4.69) is 17.4 Å². The zero-order valence-electron chi connectivity index (χ0n) is 11.3. The molecule has 100 valence electrons. The number of ether oxygens (including phenoxy) is 1. The standard InChI is InChI=1S/C16H19NO2/c1-12-7-8-15(9-16(12)18)17-10-13-5-3-4-6-14(13)11-19-2/h3-9,17-18H,10-11H2,1-2H3. The minimum atomic E-state index is 0.315. The molecule has 2 aromatic rings. The second-order valence-electron chi connectivity index (χ2n) is 4.56. The molecule has 0 spiro atoms. The maximum Gasteiger partial charge on any atom is 0.120 e. The van der Waals surface area contributed by atoms with Crippen molar-refractivity contribution in [2.45, 2.75) is 20.1 Å². The number of nitrogens with one attached hydrogen (secondary N) is 1. The van der Waals surface area contributed by atoms with Crippen molar-refractivity contribution in [2.24, 2.45) is 0 Å². The van der Waals surface area contributed by atoms with E-state index in [1.54, 1.807) is 13.2 Å². The Balaban J connectivity index is 2.07. The van der Waals surface area contributed by atoms with Gasteiger partial charge in [0.2, 0.25) is 0 Å². The van der Waals surface area contributed by atoms with Gasteiger partial charge < -0.3 is 15.2 Å². The van der Waals surface area contributed by atoms with Crippen LogP contribution in [0, 0.1) is 6.92 Å². The van der Waals surface area contributed by atoms with E-state index in [-0.39, 0.29) is 0 Å². The summed E-state index contributed by atoms with van der Waals surface area (Å²) in [6.07, 6.45) is 0. The fourth-order valence-electron chi connectivity index (χ4n) is 1.94. The van der Waals surface area contributed by atoms with Gasteiger partial charge in [0, 0.05) is 25.4 Å². The van der Waals surface area contributed by atoms with Gasteiger partial charge in [0.15, 0.2) is 0 Å². The van der Waals surface area contributed by atoms with Gasteiger partial charge in [-0.3, -0.25) is 0 Å². The van der Waals surface area contributed by atoms with Crippen LogP contribution >= 0.6 is 0 Å². The van der Waals surface area contributed by atoms with Gasteiger partial charge in [-0.15, -0.1) is 0 Å². The first-order valence-electron chi connectivity index (χ1n) is 6.30. The molecule has 0 radical (unpaired) electrons. The fraction of sp³-hybridized carbons (Fsp3) is 0.250. The molecule has 0 heterocycles. The van der Waals surface area contributed by atoms with Crippen LogP contribution in [0.25, 0.3) is 0 Å². The molecule has 3 heteroatoms. The van der Waals surface area contributed by atoms with Crippen LogP contribution in [0.15, 0.2) is 42.5 Å². The summed E-state index contributed by atoms with van der Waals surface area (Å²) in [6.45, 7) is 3.20. The molecule has 2 rings (SSSR count). The van der Waals surface area contributed by atoms with E-state index < -0.39 is 0 Å². The van der Waals surface area contributed by atoms with Crippen molar-refractivity contribution in [3.63, 3.8) is 0 Å². The van der Waals surface area contributed by atoms with Gasteiger partial charge in [-0.2, -0.15) is 0 Å². The first-order valence-corrected chi connectivity index (χ1v) is 6.30. The van der Waals surface area contributed by atoms with Crippen molar-refractivity contribution in [2.75, 3.05) is 12.4 Å². The van der Waals surface area contributed by atoms with E-state index in [0.717, 1.165) is 11.3 Å². The number of anilines is 1. The number of hydrogen-bond donors (Lipinski definition) is 2. The molecule has 3 nitrogen and oxygen atoms in total. The number of methoxy groups -OCH3 is 1. The summed E-state index contributed by atoms with van der Waals surface area (Å²) < 4.78 is 5.19. The van der Waals surface area contributed by atoms with Crippen molar-refractivity contribution < 1.29 is 9.84 Å². The molecule has 19 heavy (non-hydrogen) atoms. The Hall–Kier alpha value is -2.00. The molecule has 0 amide bonds. The Morgan fingerprint density at radius 2 is 1.84 bits per heavy atom. The maximum absolute atomic E-state index is 9.68. The van der Waals surface area contributed by atoms with Crippen molar-refractivity contribution in [3.05, 3.63) is 59.2 Å². The summed E-state index contributed by atoms with van der Waals surface area (Å²) in [5.41, 5.74) is 4.17. The molecule has 0 aliphatic carbocycles. The van der Waals surface area contributed by atoms with Gasteiger partial charge in [-0.1, -0.05) is 30.3 Å². The molecular weight excluding hydrogens is 238 g/mol. The fourth-order valence-corrected chi connectivity index (χ4v) is 1.94. The smallest absolute Gasteiger partial charge is 0.120 e. The monoisotopic (exact) mass is 257 g/mol. The highest BCUT2D eigenvalue weighted by Crippen LogP contribution is 2.21. The first-order chi connectivity index (χ1) is 9.20. The Labute approximate surface area is 113 Å². The van der Waals surface area contributed by atoms with Crippen molar-refractivity contribution >= 4 is 5.69 Å². The summed E-state index contributed by atoms with van der Waals surface area (Å²) in [4.78, 5) is 0. The lowest BCUT2D eigenvalue weighted by Crippen LogP contribution is -2.03. The van der Waals surface area contributed by atoms with Crippen LogP contribution in [0.1, 0.15) is 16.7 Å². The molecule has 2 aromatic carbocycles. The van der Waals surface area contributed by atoms with Gasteiger partial charge in [0.25, 0.3) is 0 Å². The zero-order valence-corrected chi connectivity index (χ0v) is 11.3. The second kappa shape index (κ2) is 6.25. The molecule has 0 saturated carbocycles. The van der Waals surface area contributed by atoms with Crippen LogP contribution in [-0.4, -0.2) is 12.2 Å². The third kappa shape index (κ3) is 3.48. The molecular formula is C16H19NO2. The topological polar surface area (TPSA) is 41.5 Å². The molecule has 2 N–H and O–H groups in total. The lowest BCUT2D eigenvalue weighted by Gasteiger charge is -2.11. The van der Waals surface area contributed by atoms with E-state index in [0.29, 0.717) is 18.9 Å². The van der Waals surface area contributed by atoms with E-state index in [4.69, 9.17) is 4.74 Å². The van der Waals surface area contributed by atoms with Crippen LogP contribution in [0.4, 0.5) is 5.69 Å². The van der Waals surface area contributed by atoms with Crippen molar-refractivity contribution in [1.82, 2.24) is 0 Å². The minimum absolute atomic E-state index is 0.315. The molecule has 0 atom stereocenters. The molecule has 0 aliphatic rings.